The Morgan fingerprint density at radius 1 is 1.33 bits per heavy atom. The van der Waals surface area contributed by atoms with E-state index in [1.165, 1.54) is 6.92 Å². The van der Waals surface area contributed by atoms with Crippen molar-refractivity contribution in [3.63, 3.8) is 0 Å². The number of hydrogen-bond acceptors (Lipinski definition) is 3. The molecule has 5 heteroatoms. The molecular weight excluding hydrogens is 194 g/mol. The molecule has 0 unspecified atom stereocenters. The number of amides is 1. The van der Waals surface area contributed by atoms with Gasteiger partial charge in [0.15, 0.2) is 5.78 Å². The van der Waals surface area contributed by atoms with Crippen molar-refractivity contribution in [3.8, 4) is 0 Å². The first-order valence-electron chi connectivity index (χ1n) is 4.59. The maximum Gasteiger partial charge on any atom is 0.282 e. The van der Waals surface area contributed by atoms with Crippen molar-refractivity contribution in [1.82, 2.24) is 9.99 Å². The molecule has 0 aromatic carbocycles. The van der Waals surface area contributed by atoms with Crippen LogP contribution in [-0.2, 0) is 7.05 Å². The molecule has 0 saturated carbocycles. The van der Waals surface area contributed by atoms with E-state index in [0.29, 0.717) is 16.8 Å². The lowest BCUT2D eigenvalue weighted by atomic mass is 10.1. The first-order valence-corrected chi connectivity index (χ1v) is 4.59. The molecule has 0 atom stereocenters. The third kappa shape index (κ3) is 1.66. The van der Waals surface area contributed by atoms with Gasteiger partial charge < -0.3 is 4.57 Å². The number of carbonyl (C=O) groups excluding carboxylic acids is 2. The molecule has 1 amide bonds. The maximum atomic E-state index is 11.5. The van der Waals surface area contributed by atoms with Gasteiger partial charge in [-0.15, -0.1) is 0 Å². The SMILES string of the molecule is CC(=O)c1c(C)c(C(=O)NN)n(C)c1C. The second kappa shape index (κ2) is 3.86. The van der Waals surface area contributed by atoms with Crippen LogP contribution < -0.4 is 11.3 Å². The van der Waals surface area contributed by atoms with Crippen molar-refractivity contribution in [2.24, 2.45) is 12.9 Å². The van der Waals surface area contributed by atoms with Crippen LogP contribution in [0.1, 0.15) is 39.0 Å². The second-order valence-electron chi connectivity index (χ2n) is 3.52. The highest BCUT2D eigenvalue weighted by molar-refractivity contribution is 6.02. The summed E-state index contributed by atoms with van der Waals surface area (Å²) in [5.41, 5.74) is 4.54. The second-order valence-corrected chi connectivity index (χ2v) is 3.52. The lowest BCUT2D eigenvalue weighted by Gasteiger charge is -2.03. The first kappa shape index (κ1) is 11.5. The average Bonchev–Trinajstić information content (AvgIpc) is 2.37. The van der Waals surface area contributed by atoms with E-state index in [-0.39, 0.29) is 11.7 Å². The minimum atomic E-state index is -0.384. The highest BCUT2D eigenvalue weighted by atomic mass is 16.2. The number of nitrogens with one attached hydrogen (secondary N) is 1. The molecular formula is C10H15N3O2. The summed E-state index contributed by atoms with van der Waals surface area (Å²) in [6.07, 6.45) is 0. The molecule has 1 rings (SSSR count). The van der Waals surface area contributed by atoms with E-state index in [2.05, 4.69) is 5.43 Å². The van der Waals surface area contributed by atoms with Crippen LogP contribution in [0, 0.1) is 13.8 Å². The van der Waals surface area contributed by atoms with Gasteiger partial charge in [-0.3, -0.25) is 15.0 Å². The van der Waals surface area contributed by atoms with Gasteiger partial charge in [-0.2, -0.15) is 0 Å². The topological polar surface area (TPSA) is 77.1 Å². The molecule has 0 spiro atoms. The fourth-order valence-electron chi connectivity index (χ4n) is 1.89. The molecule has 3 N–H and O–H groups in total. The van der Waals surface area contributed by atoms with Gasteiger partial charge in [0.25, 0.3) is 5.91 Å². The summed E-state index contributed by atoms with van der Waals surface area (Å²) < 4.78 is 1.67. The van der Waals surface area contributed by atoms with Crippen molar-refractivity contribution in [2.75, 3.05) is 0 Å². The Balaban J connectivity index is 3.49. The van der Waals surface area contributed by atoms with E-state index < -0.39 is 0 Å². The van der Waals surface area contributed by atoms with E-state index >= 15 is 0 Å². The van der Waals surface area contributed by atoms with E-state index in [1.807, 2.05) is 0 Å². The zero-order valence-corrected chi connectivity index (χ0v) is 9.34. The van der Waals surface area contributed by atoms with Crippen LogP contribution in [0.15, 0.2) is 0 Å². The number of hydrogen-bond donors (Lipinski definition) is 2. The smallest absolute Gasteiger partial charge is 0.282 e. The van der Waals surface area contributed by atoms with Gasteiger partial charge in [0.2, 0.25) is 0 Å². The number of rotatable bonds is 2. The van der Waals surface area contributed by atoms with Crippen LogP contribution in [-0.4, -0.2) is 16.3 Å². The molecule has 1 aromatic rings. The predicted molar refractivity (Wildman–Crippen MR) is 56.5 cm³/mol. The standard InChI is InChI=1S/C10H15N3O2/c1-5-8(7(3)14)6(2)13(4)9(5)10(15)12-11/h11H2,1-4H3,(H,12,15). The number of nitrogens with zero attached hydrogens (tertiary/aromatic N) is 1. The maximum absolute atomic E-state index is 11.5. The van der Waals surface area contributed by atoms with Crippen LogP contribution in [0.3, 0.4) is 0 Å². The highest BCUT2D eigenvalue weighted by Gasteiger charge is 2.21. The summed E-state index contributed by atoms with van der Waals surface area (Å²) in [6.45, 7) is 5.03. The van der Waals surface area contributed by atoms with Gasteiger partial charge in [-0.25, -0.2) is 5.84 Å². The summed E-state index contributed by atoms with van der Waals surface area (Å²) in [7, 11) is 1.74. The Kier molecular flexibility index (Phi) is 2.95. The molecule has 1 heterocycles. The van der Waals surface area contributed by atoms with Crippen molar-refractivity contribution in [2.45, 2.75) is 20.8 Å². The van der Waals surface area contributed by atoms with Gasteiger partial charge in [0.05, 0.1) is 0 Å². The lowest BCUT2D eigenvalue weighted by molar-refractivity contribution is 0.0944. The Morgan fingerprint density at radius 2 is 1.87 bits per heavy atom. The van der Waals surface area contributed by atoms with Crippen molar-refractivity contribution < 1.29 is 9.59 Å². The molecule has 5 nitrogen and oxygen atoms in total. The van der Waals surface area contributed by atoms with Crippen molar-refractivity contribution >= 4 is 11.7 Å². The van der Waals surface area contributed by atoms with Gasteiger partial charge in [0.1, 0.15) is 5.69 Å². The molecule has 0 aliphatic carbocycles. The number of ketones is 1. The van der Waals surface area contributed by atoms with E-state index in [1.54, 1.807) is 25.5 Å². The predicted octanol–water partition coefficient (Wildman–Crippen LogP) is 0.448. The minimum Gasteiger partial charge on any atom is -0.343 e. The quantitative estimate of drug-likeness (QED) is 0.321. The number of hydrazine groups is 1. The zero-order chi connectivity index (χ0) is 11.7. The van der Waals surface area contributed by atoms with E-state index in [0.717, 1.165) is 5.69 Å². The molecule has 0 saturated heterocycles. The third-order valence-corrected chi connectivity index (χ3v) is 2.63. The van der Waals surface area contributed by atoms with Crippen LogP contribution in [0.5, 0.6) is 0 Å². The Bertz CT molecular complexity index is 432. The summed E-state index contributed by atoms with van der Waals surface area (Å²) in [4.78, 5) is 22.9. The minimum absolute atomic E-state index is 0.0447. The van der Waals surface area contributed by atoms with E-state index in [4.69, 9.17) is 5.84 Å². The van der Waals surface area contributed by atoms with E-state index in [9.17, 15) is 9.59 Å². The molecule has 15 heavy (non-hydrogen) atoms. The number of aromatic nitrogens is 1. The van der Waals surface area contributed by atoms with Crippen LogP contribution >= 0.6 is 0 Å². The largest absolute Gasteiger partial charge is 0.343 e. The van der Waals surface area contributed by atoms with Crippen LogP contribution in [0.25, 0.3) is 0 Å². The summed E-state index contributed by atoms with van der Waals surface area (Å²) >= 11 is 0. The van der Waals surface area contributed by atoms with Gasteiger partial charge in [-0.05, 0) is 26.3 Å². The monoisotopic (exact) mass is 209 g/mol. The third-order valence-electron chi connectivity index (χ3n) is 2.63. The molecule has 1 aromatic heterocycles. The van der Waals surface area contributed by atoms with Gasteiger partial charge >= 0.3 is 0 Å². The molecule has 82 valence electrons. The van der Waals surface area contributed by atoms with Crippen molar-refractivity contribution in [1.29, 1.82) is 0 Å². The summed E-state index contributed by atoms with van der Waals surface area (Å²) in [5.74, 6) is 4.65. The van der Waals surface area contributed by atoms with Crippen molar-refractivity contribution in [3.05, 3.63) is 22.5 Å². The zero-order valence-electron chi connectivity index (χ0n) is 9.34. The first-order chi connectivity index (χ1) is 6.91. The summed E-state index contributed by atoms with van der Waals surface area (Å²) in [6, 6.07) is 0. The molecule has 0 aliphatic heterocycles. The number of nitrogens with two attached hydrogens (primary N) is 1. The average molecular weight is 209 g/mol. The molecule has 0 radical (unpaired) electrons. The Labute approximate surface area is 88.2 Å². The van der Waals surface area contributed by atoms with Gasteiger partial charge in [0, 0.05) is 18.3 Å². The lowest BCUT2D eigenvalue weighted by Crippen LogP contribution is -2.32. The van der Waals surface area contributed by atoms with Crippen LogP contribution in [0.2, 0.25) is 0 Å². The highest BCUT2D eigenvalue weighted by Crippen LogP contribution is 2.21. The molecule has 0 bridgehead atoms. The molecule has 0 fully saturated rings. The normalized spacial score (nSPS) is 10.2. The Morgan fingerprint density at radius 3 is 2.20 bits per heavy atom. The summed E-state index contributed by atoms with van der Waals surface area (Å²) in [5, 5.41) is 0. The number of carbonyl (C=O) groups is 2. The van der Waals surface area contributed by atoms with Gasteiger partial charge in [-0.1, -0.05) is 0 Å². The van der Waals surface area contributed by atoms with Crippen LogP contribution in [0.4, 0.5) is 0 Å². The molecule has 0 aliphatic rings. The number of nitrogen functional groups attached to an aromatic ring is 1. The Hall–Kier alpha value is -1.62. The fourth-order valence-corrected chi connectivity index (χ4v) is 1.89. The number of Topliss-reactive ketones (excluding diaryl/α,β-unsaturated/α-hetero) is 1. The fraction of sp³-hybridized carbons (Fsp3) is 0.400.